The second-order valence-electron chi connectivity index (χ2n) is 12.1. The zero-order chi connectivity index (χ0) is 36.0. The quantitative estimate of drug-likeness (QED) is 0.207. The van der Waals surface area contributed by atoms with Crippen molar-refractivity contribution >= 4 is 54.8 Å². The van der Waals surface area contributed by atoms with Gasteiger partial charge in [-0.3, -0.25) is 9.59 Å². The minimum atomic E-state index is -3.55. The molecule has 3 aliphatic rings. The first-order valence-electron chi connectivity index (χ1n) is 16.1. The monoisotopic (exact) mass is 739 g/mol. The van der Waals surface area contributed by atoms with E-state index in [9.17, 15) is 18.0 Å². The highest BCUT2D eigenvalue weighted by molar-refractivity contribution is 7.89. The van der Waals surface area contributed by atoms with Crippen molar-refractivity contribution in [2.75, 3.05) is 43.4 Å². The first-order valence-corrected chi connectivity index (χ1v) is 19.2. The van der Waals surface area contributed by atoms with Gasteiger partial charge in [0, 0.05) is 55.8 Å². The minimum absolute atomic E-state index is 0.0775. The third-order valence-corrected chi connectivity index (χ3v) is 12.6. The van der Waals surface area contributed by atoms with E-state index in [1.54, 1.807) is 46.3 Å². The largest absolute Gasteiger partial charge is 0.310 e. The van der Waals surface area contributed by atoms with Gasteiger partial charge in [-0.05, 0) is 42.7 Å². The molecule has 3 aliphatic heterocycles. The molecule has 2 fully saturated rings. The number of terminal acetylenes is 1. The average molecular weight is 740 g/mol. The lowest BCUT2D eigenvalue weighted by molar-refractivity contribution is -0.120. The number of thiazole rings is 2. The number of benzene rings is 2. The highest BCUT2D eigenvalue weighted by Crippen LogP contribution is 2.32. The highest BCUT2D eigenvalue weighted by Gasteiger charge is 2.32. The molecule has 5 heterocycles. The molecular weight excluding hydrogens is 707 g/mol. The third kappa shape index (κ3) is 8.36. The maximum atomic E-state index is 12.8. The second-order valence-corrected chi connectivity index (χ2v) is 16.1. The summed E-state index contributed by atoms with van der Waals surface area (Å²) in [6, 6.07) is 16.0. The molecule has 51 heavy (non-hydrogen) atoms. The van der Waals surface area contributed by atoms with Gasteiger partial charge < -0.3 is 20.4 Å². The number of hydrogen-bond acceptors (Lipinski definition) is 12. The normalized spacial score (nSPS) is 18.4. The van der Waals surface area contributed by atoms with Crippen LogP contribution >= 0.6 is 22.7 Å². The van der Waals surface area contributed by atoms with Crippen molar-refractivity contribution in [3.63, 3.8) is 0 Å². The summed E-state index contributed by atoms with van der Waals surface area (Å²) >= 11 is 2.74. The van der Waals surface area contributed by atoms with E-state index in [1.807, 2.05) is 24.3 Å². The van der Waals surface area contributed by atoms with E-state index in [4.69, 9.17) is 16.9 Å². The summed E-state index contributed by atoms with van der Waals surface area (Å²) in [5.74, 6) is 1.98. The number of sulfonamides is 1. The van der Waals surface area contributed by atoms with Crippen molar-refractivity contribution in [1.29, 1.82) is 10.5 Å². The summed E-state index contributed by atoms with van der Waals surface area (Å²) in [6.45, 7) is 2.76. The summed E-state index contributed by atoms with van der Waals surface area (Å²) in [7, 11) is -3.55. The van der Waals surface area contributed by atoms with Crippen molar-refractivity contribution in [3.8, 4) is 35.2 Å². The van der Waals surface area contributed by atoms with Crippen LogP contribution in [0.15, 0.2) is 65.7 Å². The van der Waals surface area contributed by atoms with E-state index in [1.165, 1.54) is 27.0 Å². The lowest BCUT2D eigenvalue weighted by atomic mass is 10.1. The standard InChI is InChI=1S/C18H19N5O3S2.C17H14N4OS/c19-12-22-8-6-13(10-22)17(24)21-18-20-15-7-9-23(11-16(15)27-18)28(25,26)14-4-2-1-3-5-14;1-2-12-3-5-13(6-4-12)15-9-19-17(23-15)20-16(22)14-7-8-21(10-14)11-18/h1-5,13H,6-11H2,(H,20,21,24);1,3-6,9,14H,7-8,10H2,(H,19,20,22)/t13-;14-/m00/s1. The molecule has 16 heteroatoms. The van der Waals surface area contributed by atoms with Gasteiger partial charge in [0.1, 0.15) is 0 Å². The fraction of sp³-hybridized carbons (Fsp3) is 0.314. The van der Waals surface area contributed by atoms with Gasteiger partial charge in [0.25, 0.3) is 0 Å². The number of likely N-dealkylation sites (tertiary alicyclic amines) is 2. The second kappa shape index (κ2) is 15.7. The smallest absolute Gasteiger partial charge is 0.243 e. The Labute approximate surface area is 304 Å². The Bertz CT molecular complexity index is 2130. The molecule has 2 aromatic carbocycles. The number of aromatic nitrogens is 2. The van der Waals surface area contributed by atoms with Crippen LogP contribution in [0.5, 0.6) is 0 Å². The molecule has 4 aromatic rings. The van der Waals surface area contributed by atoms with E-state index in [0.29, 0.717) is 62.2 Å². The average Bonchev–Trinajstić information content (AvgIpc) is 3.99. The highest BCUT2D eigenvalue weighted by atomic mass is 32.2. The van der Waals surface area contributed by atoms with Crippen molar-refractivity contribution in [2.45, 2.75) is 30.7 Å². The lowest BCUT2D eigenvalue weighted by Crippen LogP contribution is -2.35. The van der Waals surface area contributed by atoms with Crippen LogP contribution in [0.25, 0.3) is 10.4 Å². The summed E-state index contributed by atoms with van der Waals surface area (Å²) in [4.78, 5) is 38.6. The Balaban J connectivity index is 0.000000179. The van der Waals surface area contributed by atoms with Gasteiger partial charge in [-0.15, -0.1) is 17.8 Å². The number of carbonyl (C=O) groups is 2. The van der Waals surface area contributed by atoms with Crippen LogP contribution in [0.2, 0.25) is 0 Å². The molecule has 13 nitrogen and oxygen atoms in total. The first-order chi connectivity index (χ1) is 24.7. The molecule has 0 bridgehead atoms. The van der Waals surface area contributed by atoms with Gasteiger partial charge in [-0.25, -0.2) is 18.4 Å². The lowest BCUT2D eigenvalue weighted by Gasteiger charge is -2.25. The van der Waals surface area contributed by atoms with Gasteiger partial charge in [0.05, 0.1) is 33.8 Å². The predicted molar refractivity (Wildman–Crippen MR) is 193 cm³/mol. The number of fused-ring (bicyclic) bond motifs is 1. The SMILES string of the molecule is C#Cc1ccc(-c2cnc(NC(=O)[C@H]3CCN(C#N)C3)s2)cc1.N#CN1CC[C@H](C(=O)Nc2nc3c(s2)CN(S(=O)(=O)c2ccccc2)CC3)C1. The predicted octanol–water partition coefficient (Wildman–Crippen LogP) is 4.16. The maximum absolute atomic E-state index is 12.8. The molecule has 0 spiro atoms. The van der Waals surface area contributed by atoms with Crippen molar-refractivity contribution in [2.24, 2.45) is 11.8 Å². The Morgan fingerprint density at radius 3 is 2.08 bits per heavy atom. The van der Waals surface area contributed by atoms with Crippen LogP contribution in [0.1, 0.15) is 29.0 Å². The van der Waals surface area contributed by atoms with E-state index in [0.717, 1.165) is 26.6 Å². The Hall–Kier alpha value is -5.31. The number of nitrogens with one attached hydrogen (secondary N) is 2. The van der Waals surface area contributed by atoms with Crippen LogP contribution in [0.3, 0.4) is 0 Å². The minimum Gasteiger partial charge on any atom is -0.310 e. The molecular formula is C35H33N9O4S3. The Morgan fingerprint density at radius 1 is 0.863 bits per heavy atom. The number of nitriles is 2. The first kappa shape index (κ1) is 35.5. The molecule has 7 rings (SSSR count). The molecule has 2 N–H and O–H groups in total. The van der Waals surface area contributed by atoms with Gasteiger partial charge in [-0.1, -0.05) is 47.6 Å². The molecule has 0 aliphatic carbocycles. The Morgan fingerprint density at radius 2 is 1.49 bits per heavy atom. The maximum Gasteiger partial charge on any atom is 0.243 e. The number of hydrogen-bond donors (Lipinski definition) is 2. The molecule has 2 saturated heterocycles. The van der Waals surface area contributed by atoms with Crippen LogP contribution < -0.4 is 10.6 Å². The molecule has 260 valence electrons. The molecule has 2 atom stereocenters. The fourth-order valence-electron chi connectivity index (χ4n) is 5.91. The summed E-state index contributed by atoms with van der Waals surface area (Å²) in [5, 5.41) is 24.5. The zero-order valence-corrected chi connectivity index (χ0v) is 29.8. The van der Waals surface area contributed by atoms with Crippen LogP contribution in [0, 0.1) is 47.1 Å². The Kier molecular flexibility index (Phi) is 10.9. The van der Waals surface area contributed by atoms with E-state index < -0.39 is 10.0 Å². The van der Waals surface area contributed by atoms with Crippen molar-refractivity contribution < 1.29 is 18.0 Å². The van der Waals surface area contributed by atoms with Crippen molar-refractivity contribution in [3.05, 3.63) is 76.9 Å². The van der Waals surface area contributed by atoms with Gasteiger partial charge in [-0.2, -0.15) is 14.8 Å². The third-order valence-electron chi connectivity index (χ3n) is 8.78. The molecule has 2 amide bonds. The topological polar surface area (TPSA) is 175 Å². The number of carbonyl (C=O) groups excluding carboxylic acids is 2. The summed E-state index contributed by atoms with van der Waals surface area (Å²) < 4.78 is 27.1. The number of anilines is 2. The van der Waals surface area contributed by atoms with E-state index in [-0.39, 0.29) is 35.1 Å². The molecule has 0 unspecified atom stereocenters. The van der Waals surface area contributed by atoms with E-state index >= 15 is 0 Å². The number of nitrogens with zero attached hydrogens (tertiary/aromatic N) is 7. The summed E-state index contributed by atoms with van der Waals surface area (Å²) in [6.07, 6.45) is 13.1. The van der Waals surface area contributed by atoms with Gasteiger partial charge in [0.15, 0.2) is 22.6 Å². The van der Waals surface area contributed by atoms with Gasteiger partial charge in [0.2, 0.25) is 21.8 Å². The zero-order valence-electron chi connectivity index (χ0n) is 27.4. The molecule has 0 saturated carbocycles. The fourth-order valence-corrected chi connectivity index (χ4v) is 9.28. The van der Waals surface area contributed by atoms with E-state index in [2.05, 4.69) is 38.9 Å². The van der Waals surface area contributed by atoms with Crippen LogP contribution in [-0.4, -0.2) is 77.0 Å². The van der Waals surface area contributed by atoms with Crippen LogP contribution in [-0.2, 0) is 32.6 Å². The number of rotatable bonds is 7. The summed E-state index contributed by atoms with van der Waals surface area (Å²) in [5.41, 5.74) is 2.68. The number of amides is 2. The molecule has 0 radical (unpaired) electrons. The molecule has 2 aromatic heterocycles. The van der Waals surface area contributed by atoms with Gasteiger partial charge >= 0.3 is 0 Å². The van der Waals surface area contributed by atoms with Crippen molar-refractivity contribution in [1.82, 2.24) is 24.1 Å². The van der Waals surface area contributed by atoms with Crippen LogP contribution in [0.4, 0.5) is 10.3 Å².